The first kappa shape index (κ1) is 19.4. The van der Waals surface area contributed by atoms with Crippen molar-refractivity contribution in [2.45, 2.75) is 51.9 Å². The Morgan fingerprint density at radius 1 is 1.28 bits per heavy atom. The first-order valence-corrected chi connectivity index (χ1v) is 8.71. The second kappa shape index (κ2) is 7.97. The summed E-state index contributed by atoms with van der Waals surface area (Å²) in [5, 5.41) is 15.9. The molecule has 0 bridgehead atoms. The average molecular weight is 347 g/mol. The molecule has 1 aliphatic heterocycles. The van der Waals surface area contributed by atoms with E-state index in [-0.39, 0.29) is 30.2 Å². The van der Waals surface area contributed by atoms with E-state index in [1.807, 2.05) is 51.1 Å². The highest BCUT2D eigenvalue weighted by Gasteiger charge is 2.43. The molecular formula is C19H29N3O3. The van der Waals surface area contributed by atoms with Gasteiger partial charge in [0.05, 0.1) is 12.1 Å². The minimum atomic E-state index is -0.672. The molecule has 3 N–H and O–H groups in total. The number of β-amino-alcohol motifs (C(OH)–C–C–N with tert-alkyl or cyclic N) is 1. The monoisotopic (exact) mass is 347 g/mol. The number of aliphatic hydroxyl groups is 1. The quantitative estimate of drug-likeness (QED) is 0.739. The molecule has 2 rings (SSSR count). The van der Waals surface area contributed by atoms with E-state index in [4.69, 9.17) is 0 Å². The lowest BCUT2D eigenvalue weighted by atomic mass is 9.86. The van der Waals surface area contributed by atoms with E-state index >= 15 is 0 Å². The molecule has 0 radical (unpaired) electrons. The lowest BCUT2D eigenvalue weighted by molar-refractivity contribution is -0.142. The van der Waals surface area contributed by atoms with Gasteiger partial charge in [-0.15, -0.1) is 0 Å². The molecule has 0 aliphatic carbocycles. The summed E-state index contributed by atoms with van der Waals surface area (Å²) in [4.78, 5) is 27.0. The van der Waals surface area contributed by atoms with E-state index in [0.29, 0.717) is 6.54 Å². The van der Waals surface area contributed by atoms with Crippen LogP contribution in [-0.2, 0) is 16.1 Å². The van der Waals surface area contributed by atoms with Crippen molar-refractivity contribution >= 4 is 11.8 Å². The SMILES string of the molecule is CN[C@H](C(=O)N1C[C@H](O)C[C@H]1C(=O)NCc1ccccc1)C(C)(C)C. The molecule has 1 saturated heterocycles. The maximum atomic E-state index is 12.9. The van der Waals surface area contributed by atoms with Crippen LogP contribution in [0.5, 0.6) is 0 Å². The summed E-state index contributed by atoms with van der Waals surface area (Å²) in [7, 11) is 1.74. The maximum Gasteiger partial charge on any atom is 0.243 e. The summed E-state index contributed by atoms with van der Waals surface area (Å²) in [5.74, 6) is -0.371. The van der Waals surface area contributed by atoms with Crippen LogP contribution in [0.25, 0.3) is 0 Å². The summed E-state index contributed by atoms with van der Waals surface area (Å²) in [6, 6.07) is 8.57. The van der Waals surface area contributed by atoms with Crippen molar-refractivity contribution in [2.24, 2.45) is 5.41 Å². The molecule has 0 aromatic heterocycles. The zero-order valence-electron chi connectivity index (χ0n) is 15.5. The molecule has 25 heavy (non-hydrogen) atoms. The minimum Gasteiger partial charge on any atom is -0.391 e. The van der Waals surface area contributed by atoms with E-state index in [2.05, 4.69) is 10.6 Å². The number of aliphatic hydroxyl groups excluding tert-OH is 1. The van der Waals surface area contributed by atoms with Crippen LogP contribution in [0, 0.1) is 5.41 Å². The van der Waals surface area contributed by atoms with Gasteiger partial charge in [-0.1, -0.05) is 51.1 Å². The van der Waals surface area contributed by atoms with E-state index in [1.54, 1.807) is 7.05 Å². The number of hydrogen-bond acceptors (Lipinski definition) is 4. The maximum absolute atomic E-state index is 12.9. The highest BCUT2D eigenvalue weighted by atomic mass is 16.3. The van der Waals surface area contributed by atoms with Gasteiger partial charge in [0.15, 0.2) is 0 Å². The topological polar surface area (TPSA) is 81.7 Å². The third kappa shape index (κ3) is 4.80. The van der Waals surface area contributed by atoms with Crippen molar-refractivity contribution in [1.82, 2.24) is 15.5 Å². The summed E-state index contributed by atoms with van der Waals surface area (Å²) in [6.45, 7) is 6.52. The molecule has 0 unspecified atom stereocenters. The summed E-state index contributed by atoms with van der Waals surface area (Å²) >= 11 is 0. The number of amides is 2. The minimum absolute atomic E-state index is 0.147. The first-order chi connectivity index (χ1) is 11.7. The number of nitrogens with one attached hydrogen (secondary N) is 2. The van der Waals surface area contributed by atoms with Crippen molar-refractivity contribution in [3.05, 3.63) is 35.9 Å². The van der Waals surface area contributed by atoms with Gasteiger partial charge >= 0.3 is 0 Å². The molecule has 1 aromatic rings. The fourth-order valence-corrected chi connectivity index (χ4v) is 3.30. The van der Waals surface area contributed by atoms with Crippen LogP contribution in [0.3, 0.4) is 0 Å². The number of hydrogen-bond donors (Lipinski definition) is 3. The van der Waals surface area contributed by atoms with Gasteiger partial charge in [0.2, 0.25) is 11.8 Å². The fraction of sp³-hybridized carbons (Fsp3) is 0.579. The molecule has 1 fully saturated rings. The predicted molar refractivity (Wildman–Crippen MR) is 96.7 cm³/mol. The van der Waals surface area contributed by atoms with E-state index < -0.39 is 18.2 Å². The smallest absolute Gasteiger partial charge is 0.243 e. The van der Waals surface area contributed by atoms with Crippen LogP contribution in [0.4, 0.5) is 0 Å². The molecule has 1 aliphatic rings. The molecular weight excluding hydrogens is 318 g/mol. The van der Waals surface area contributed by atoms with Gasteiger partial charge in [-0.3, -0.25) is 9.59 Å². The number of carbonyl (C=O) groups excluding carboxylic acids is 2. The van der Waals surface area contributed by atoms with Crippen LogP contribution in [-0.4, -0.2) is 53.6 Å². The zero-order valence-corrected chi connectivity index (χ0v) is 15.5. The lowest BCUT2D eigenvalue weighted by Gasteiger charge is -2.34. The average Bonchev–Trinajstić information content (AvgIpc) is 2.95. The van der Waals surface area contributed by atoms with Crippen LogP contribution >= 0.6 is 0 Å². The van der Waals surface area contributed by atoms with E-state index in [9.17, 15) is 14.7 Å². The zero-order chi connectivity index (χ0) is 18.6. The third-order valence-corrected chi connectivity index (χ3v) is 4.58. The molecule has 1 aromatic carbocycles. The Morgan fingerprint density at radius 2 is 1.92 bits per heavy atom. The molecule has 2 amide bonds. The summed E-state index contributed by atoms with van der Waals surface area (Å²) in [5.41, 5.74) is 0.708. The molecule has 6 heteroatoms. The van der Waals surface area contributed by atoms with Crippen LogP contribution in [0.1, 0.15) is 32.8 Å². The lowest BCUT2D eigenvalue weighted by Crippen LogP contribution is -2.55. The Morgan fingerprint density at radius 3 is 2.48 bits per heavy atom. The Hall–Kier alpha value is -1.92. The van der Waals surface area contributed by atoms with Crippen LogP contribution in [0.2, 0.25) is 0 Å². The molecule has 138 valence electrons. The summed E-state index contributed by atoms with van der Waals surface area (Å²) < 4.78 is 0. The van der Waals surface area contributed by atoms with Crippen LogP contribution < -0.4 is 10.6 Å². The van der Waals surface area contributed by atoms with Gasteiger partial charge in [0.25, 0.3) is 0 Å². The summed E-state index contributed by atoms with van der Waals surface area (Å²) in [6.07, 6.45) is -0.402. The fourth-order valence-electron chi connectivity index (χ4n) is 3.30. The van der Waals surface area contributed by atoms with Crippen LogP contribution in [0.15, 0.2) is 30.3 Å². The van der Waals surface area contributed by atoms with E-state index in [1.165, 1.54) is 4.90 Å². The number of rotatable bonds is 5. The normalized spacial score (nSPS) is 21.9. The van der Waals surface area contributed by atoms with Gasteiger partial charge in [-0.2, -0.15) is 0 Å². The van der Waals surface area contributed by atoms with Crippen molar-refractivity contribution in [2.75, 3.05) is 13.6 Å². The van der Waals surface area contributed by atoms with Crippen molar-refractivity contribution in [3.8, 4) is 0 Å². The number of benzene rings is 1. The van der Waals surface area contributed by atoms with Gasteiger partial charge in [-0.05, 0) is 18.0 Å². The van der Waals surface area contributed by atoms with Gasteiger partial charge in [-0.25, -0.2) is 0 Å². The Balaban J connectivity index is 2.07. The first-order valence-electron chi connectivity index (χ1n) is 8.71. The second-order valence-corrected chi connectivity index (χ2v) is 7.69. The highest BCUT2D eigenvalue weighted by Crippen LogP contribution is 2.25. The number of likely N-dealkylation sites (N-methyl/N-ethyl adjacent to an activating group) is 1. The largest absolute Gasteiger partial charge is 0.391 e. The van der Waals surface area contributed by atoms with E-state index in [0.717, 1.165) is 5.56 Å². The highest BCUT2D eigenvalue weighted by molar-refractivity contribution is 5.91. The molecule has 3 atom stereocenters. The Labute approximate surface area is 149 Å². The third-order valence-electron chi connectivity index (χ3n) is 4.58. The van der Waals surface area contributed by atoms with Gasteiger partial charge < -0.3 is 20.6 Å². The van der Waals surface area contributed by atoms with Crippen molar-refractivity contribution < 1.29 is 14.7 Å². The number of likely N-dealkylation sites (tertiary alicyclic amines) is 1. The predicted octanol–water partition coefficient (Wildman–Crippen LogP) is 0.899. The Kier molecular flexibility index (Phi) is 6.19. The van der Waals surface area contributed by atoms with Crippen molar-refractivity contribution in [1.29, 1.82) is 0 Å². The molecule has 6 nitrogen and oxygen atoms in total. The van der Waals surface area contributed by atoms with Gasteiger partial charge in [0, 0.05) is 19.5 Å². The van der Waals surface area contributed by atoms with Gasteiger partial charge in [0.1, 0.15) is 6.04 Å². The Bertz CT molecular complexity index is 598. The van der Waals surface area contributed by atoms with Crippen molar-refractivity contribution in [3.63, 3.8) is 0 Å². The second-order valence-electron chi connectivity index (χ2n) is 7.69. The molecule has 0 spiro atoms. The standard InChI is InChI=1S/C19H29N3O3/c1-19(2,3)16(20-4)18(25)22-12-14(23)10-15(22)17(24)21-11-13-8-6-5-7-9-13/h5-9,14-16,20,23H,10-12H2,1-4H3,(H,21,24)/t14-,15+,16-/m1/s1. The molecule has 1 heterocycles. The number of carbonyl (C=O) groups is 2. The number of nitrogens with zero attached hydrogens (tertiary/aromatic N) is 1. The molecule has 0 saturated carbocycles.